The first-order chi connectivity index (χ1) is 15.9. The predicted molar refractivity (Wildman–Crippen MR) is 110 cm³/mol. The second kappa shape index (κ2) is 9.59. The summed E-state index contributed by atoms with van der Waals surface area (Å²) in [6.45, 7) is -1.29. The first kappa shape index (κ1) is 24.8. The Morgan fingerprint density at radius 2 is 1.88 bits per heavy atom. The normalized spacial score (nSPS) is 13.1. The molecule has 2 aromatic carbocycles. The monoisotopic (exact) mass is 502 g/mol. The van der Waals surface area contributed by atoms with Crippen LogP contribution in [0, 0.1) is 10.6 Å². The van der Waals surface area contributed by atoms with Gasteiger partial charge in [-0.1, -0.05) is 6.07 Å². The number of alkyl halides is 4. The molecule has 0 fully saturated rings. The van der Waals surface area contributed by atoms with Gasteiger partial charge in [-0.25, -0.2) is 17.8 Å². The van der Waals surface area contributed by atoms with Gasteiger partial charge in [-0.15, -0.1) is 10.2 Å². The van der Waals surface area contributed by atoms with E-state index < -0.39 is 57.4 Å². The smallest absolute Gasteiger partial charge is 0.435 e. The molecule has 3 aromatic rings. The van der Waals surface area contributed by atoms with Crippen LogP contribution in [0.25, 0.3) is 0 Å². The van der Waals surface area contributed by atoms with Gasteiger partial charge in [-0.05, 0) is 36.4 Å². The lowest BCUT2D eigenvalue weighted by Crippen LogP contribution is -2.18. The number of nitrogens with zero attached hydrogens (tertiary/aromatic N) is 2. The van der Waals surface area contributed by atoms with Crippen LogP contribution in [0.1, 0.15) is 16.1 Å². The summed E-state index contributed by atoms with van der Waals surface area (Å²) in [4.78, 5) is 12.9. The molecule has 34 heavy (non-hydrogen) atoms. The summed E-state index contributed by atoms with van der Waals surface area (Å²) in [5.41, 5.74) is -2.14. The first-order valence-corrected chi connectivity index (χ1v) is 11.1. The zero-order valence-corrected chi connectivity index (χ0v) is 18.0. The number of rotatable bonds is 7. The van der Waals surface area contributed by atoms with E-state index >= 15 is 0 Å². The Morgan fingerprint density at radius 3 is 2.50 bits per heavy atom. The van der Waals surface area contributed by atoms with Crippen LogP contribution in [-0.4, -0.2) is 33.4 Å². The van der Waals surface area contributed by atoms with Gasteiger partial charge in [0.05, 0.1) is 9.73 Å². The number of nitrogens with one attached hydrogen (secondary N) is 2. The SMILES string of the molecule is CS(=N)(=O)c1cccc(NC(=O)c2cc(C(F)(F)F)nnc2Oc2ccc(OCF)c(F)c2)c1. The Labute approximate surface area is 189 Å². The molecule has 3 rings (SSSR count). The van der Waals surface area contributed by atoms with Gasteiger partial charge in [-0.3, -0.25) is 4.79 Å². The molecule has 0 saturated carbocycles. The van der Waals surface area contributed by atoms with Crippen molar-refractivity contribution in [3.05, 3.63) is 65.6 Å². The van der Waals surface area contributed by atoms with E-state index in [1.54, 1.807) is 0 Å². The Hall–Kier alpha value is -3.81. The molecule has 1 aromatic heterocycles. The molecule has 180 valence electrons. The van der Waals surface area contributed by atoms with E-state index in [-0.39, 0.29) is 16.3 Å². The van der Waals surface area contributed by atoms with E-state index in [1.165, 1.54) is 24.3 Å². The highest BCUT2D eigenvalue weighted by atomic mass is 32.2. The summed E-state index contributed by atoms with van der Waals surface area (Å²) in [5, 5.41) is 8.62. The predicted octanol–water partition coefficient (Wildman–Crippen LogP) is 5.02. The van der Waals surface area contributed by atoms with Crippen molar-refractivity contribution < 1.29 is 40.4 Å². The summed E-state index contributed by atoms with van der Waals surface area (Å²) in [6, 6.07) is 8.65. The number of halogens is 5. The van der Waals surface area contributed by atoms with E-state index in [9.17, 15) is 31.0 Å². The van der Waals surface area contributed by atoms with Gasteiger partial charge in [0.25, 0.3) is 11.8 Å². The van der Waals surface area contributed by atoms with Gasteiger partial charge < -0.3 is 14.8 Å². The number of benzene rings is 2. The van der Waals surface area contributed by atoms with Crippen LogP contribution in [0.15, 0.2) is 53.4 Å². The standard InChI is InChI=1S/C20H15F5N4O4S/c1-34(26,31)13-4-2-3-11(7-13)27-18(30)14-9-17(20(23,24)25)28-29-19(14)33-12-5-6-16(32-10-21)15(22)8-12/h2-9,26H,10H2,1H3,(H,27,30). The summed E-state index contributed by atoms with van der Waals surface area (Å²) >= 11 is 0. The third-order valence-corrected chi connectivity index (χ3v) is 5.32. The molecule has 1 amide bonds. The van der Waals surface area contributed by atoms with Crippen molar-refractivity contribution in [3.8, 4) is 17.4 Å². The van der Waals surface area contributed by atoms with Crippen molar-refractivity contribution in [2.45, 2.75) is 11.1 Å². The molecule has 0 bridgehead atoms. The van der Waals surface area contributed by atoms with Crippen LogP contribution in [0.4, 0.5) is 27.6 Å². The van der Waals surface area contributed by atoms with Gasteiger partial charge in [0.2, 0.25) is 6.86 Å². The molecule has 0 spiro atoms. The molecule has 1 unspecified atom stereocenters. The average Bonchev–Trinajstić information content (AvgIpc) is 2.75. The quantitative estimate of drug-likeness (QED) is 0.439. The van der Waals surface area contributed by atoms with E-state index in [4.69, 9.17) is 9.52 Å². The van der Waals surface area contributed by atoms with Gasteiger partial charge >= 0.3 is 6.18 Å². The molecule has 1 heterocycles. The zero-order valence-electron chi connectivity index (χ0n) is 17.2. The highest BCUT2D eigenvalue weighted by Crippen LogP contribution is 2.32. The molecule has 14 heteroatoms. The summed E-state index contributed by atoms with van der Waals surface area (Å²) < 4.78 is 94.9. The Bertz CT molecular complexity index is 1330. The third kappa shape index (κ3) is 5.95. The Balaban J connectivity index is 1.98. The second-order valence-electron chi connectivity index (χ2n) is 6.72. The minimum absolute atomic E-state index is 0.0411. The third-order valence-electron chi connectivity index (χ3n) is 4.16. The van der Waals surface area contributed by atoms with Crippen molar-refractivity contribution in [1.29, 1.82) is 4.78 Å². The van der Waals surface area contributed by atoms with Crippen LogP contribution < -0.4 is 14.8 Å². The maximum atomic E-state index is 14.0. The molecule has 2 N–H and O–H groups in total. The van der Waals surface area contributed by atoms with E-state index in [1.807, 2.05) is 0 Å². The van der Waals surface area contributed by atoms with Crippen molar-refractivity contribution in [3.63, 3.8) is 0 Å². The first-order valence-electron chi connectivity index (χ1n) is 9.15. The number of aromatic nitrogens is 2. The number of anilines is 1. The average molecular weight is 502 g/mol. The van der Waals surface area contributed by atoms with Crippen molar-refractivity contribution in [1.82, 2.24) is 10.2 Å². The van der Waals surface area contributed by atoms with Crippen LogP contribution in [0.3, 0.4) is 0 Å². The molecule has 0 aliphatic rings. The fourth-order valence-corrected chi connectivity index (χ4v) is 3.29. The van der Waals surface area contributed by atoms with Gasteiger partial charge in [0.1, 0.15) is 11.3 Å². The molecular weight excluding hydrogens is 487 g/mol. The largest absolute Gasteiger partial charge is 0.460 e. The maximum Gasteiger partial charge on any atom is 0.435 e. The van der Waals surface area contributed by atoms with Gasteiger partial charge in [0.15, 0.2) is 17.3 Å². The Morgan fingerprint density at radius 1 is 1.15 bits per heavy atom. The molecule has 0 aliphatic carbocycles. The van der Waals surface area contributed by atoms with Crippen LogP contribution >= 0.6 is 0 Å². The lowest BCUT2D eigenvalue weighted by Gasteiger charge is -2.13. The van der Waals surface area contributed by atoms with E-state index in [2.05, 4.69) is 20.3 Å². The van der Waals surface area contributed by atoms with Crippen LogP contribution in [-0.2, 0) is 15.9 Å². The molecule has 0 aliphatic heterocycles. The fourth-order valence-electron chi connectivity index (χ4n) is 2.60. The van der Waals surface area contributed by atoms with Crippen LogP contribution in [0.2, 0.25) is 0 Å². The van der Waals surface area contributed by atoms with Crippen molar-refractivity contribution in [2.75, 3.05) is 18.4 Å². The number of hydrogen-bond donors (Lipinski definition) is 2. The molecule has 0 saturated heterocycles. The molecule has 0 radical (unpaired) electrons. The summed E-state index contributed by atoms with van der Waals surface area (Å²) in [7, 11) is -3.13. The molecular formula is C20H15F5N4O4S. The number of ether oxygens (including phenoxy) is 2. The van der Waals surface area contributed by atoms with Crippen LogP contribution in [0.5, 0.6) is 17.4 Å². The van der Waals surface area contributed by atoms with Crippen molar-refractivity contribution in [2.24, 2.45) is 0 Å². The number of carbonyl (C=O) groups excluding carboxylic acids is 1. The Kier molecular flexibility index (Phi) is 7.00. The highest BCUT2D eigenvalue weighted by Gasteiger charge is 2.35. The highest BCUT2D eigenvalue weighted by molar-refractivity contribution is 7.91. The lowest BCUT2D eigenvalue weighted by atomic mass is 10.2. The molecule has 8 nitrogen and oxygen atoms in total. The molecule has 1 atom stereocenters. The minimum Gasteiger partial charge on any atom is -0.460 e. The summed E-state index contributed by atoms with van der Waals surface area (Å²) in [5.74, 6) is -3.53. The second-order valence-corrected chi connectivity index (χ2v) is 8.88. The number of carbonyl (C=O) groups is 1. The van der Waals surface area contributed by atoms with E-state index in [0.29, 0.717) is 6.07 Å². The fraction of sp³-hybridized carbons (Fsp3) is 0.150. The van der Waals surface area contributed by atoms with E-state index in [0.717, 1.165) is 24.5 Å². The zero-order chi connectivity index (χ0) is 25.1. The maximum absolute atomic E-state index is 14.0. The number of hydrogen-bond acceptors (Lipinski definition) is 7. The van der Waals surface area contributed by atoms with Crippen molar-refractivity contribution >= 4 is 21.3 Å². The summed E-state index contributed by atoms with van der Waals surface area (Å²) in [6.07, 6.45) is -3.78. The lowest BCUT2D eigenvalue weighted by molar-refractivity contribution is -0.141. The van der Waals surface area contributed by atoms with Gasteiger partial charge in [-0.2, -0.15) is 13.2 Å². The topological polar surface area (TPSA) is 114 Å². The minimum atomic E-state index is -4.93. The number of amides is 1. The van der Waals surface area contributed by atoms with Gasteiger partial charge in [0, 0.05) is 22.9 Å².